The maximum Gasteiger partial charge on any atom is 2.00 e. The Bertz CT molecular complexity index is 65.4. The molecule has 0 aliphatic carbocycles. The molecule has 0 aromatic heterocycles. The van der Waals surface area contributed by atoms with Crippen molar-refractivity contribution in [2.45, 2.75) is 20.3 Å². The molecule has 0 saturated heterocycles. The zero-order valence-electron chi connectivity index (χ0n) is 9.07. The summed E-state index contributed by atoms with van der Waals surface area (Å²) in [5, 5.41) is 0. The molecule has 0 radical (unpaired) electrons. The van der Waals surface area contributed by atoms with Crippen molar-refractivity contribution in [2.75, 3.05) is 25.5 Å². The number of alkyl halides is 1. The molecule has 0 unspecified atom stereocenters. The van der Waals surface area contributed by atoms with Gasteiger partial charge in [-0.1, -0.05) is 13.8 Å². The van der Waals surface area contributed by atoms with Crippen LogP contribution in [-0.4, -0.2) is 53.5 Å². The Balaban J connectivity index is -0.000000107. The molecule has 0 fully saturated rings. The van der Waals surface area contributed by atoms with Gasteiger partial charge in [-0.2, -0.15) is 0 Å². The number of hydrogen-bond donors (Lipinski definition) is 0. The third kappa shape index (κ3) is 7.13. The Hall–Kier alpha value is 1.02. The second kappa shape index (κ2) is 10.0. The molecule has 0 N–H and O–H groups in total. The molecule has 3 heteroatoms. The van der Waals surface area contributed by atoms with Crippen molar-refractivity contribution >= 4 is 34.7 Å². The maximum absolute atomic E-state index is 5.53. The van der Waals surface area contributed by atoms with E-state index in [4.69, 9.17) is 11.6 Å². The summed E-state index contributed by atoms with van der Waals surface area (Å²) < 4.78 is 0. The molecule has 0 aromatic rings. The Morgan fingerprint density at radius 2 is 1.80 bits per heavy atom. The van der Waals surface area contributed by atoms with Crippen LogP contribution in [0, 0.1) is 0 Å². The van der Waals surface area contributed by atoms with Crippen molar-refractivity contribution in [1.29, 1.82) is 0 Å². The van der Waals surface area contributed by atoms with Gasteiger partial charge in [0.2, 0.25) is 0 Å². The van der Waals surface area contributed by atoms with Gasteiger partial charge in [0, 0.05) is 5.88 Å². The van der Waals surface area contributed by atoms with Gasteiger partial charge in [0.25, 0.3) is 0 Å². The first-order chi connectivity index (χ1) is 4.35. The summed E-state index contributed by atoms with van der Waals surface area (Å²) in [5.41, 5.74) is 0. The maximum atomic E-state index is 5.53. The number of halogens is 1. The van der Waals surface area contributed by atoms with Crippen LogP contribution in [0.15, 0.2) is 0 Å². The van der Waals surface area contributed by atoms with E-state index in [-0.39, 0.29) is 25.9 Å². The molecule has 0 aliphatic rings. The fraction of sp³-hybridized carbons (Fsp3) is 1.00. The van der Waals surface area contributed by atoms with E-state index in [2.05, 4.69) is 18.7 Å². The number of rotatable bonds is 5. The summed E-state index contributed by atoms with van der Waals surface area (Å²) in [6.07, 6.45) is 1.11. The zero-order valence-corrected chi connectivity index (χ0v) is 9.24. The van der Waals surface area contributed by atoms with Crippen molar-refractivity contribution in [3.05, 3.63) is 0 Å². The molecule has 0 saturated carbocycles. The largest absolute Gasteiger partial charge is 2.00 e. The average Bonchev–Trinajstić information content (AvgIpc) is 1.91. The normalized spacial score (nSPS) is 9.60. The minimum atomic E-state index is 0. The van der Waals surface area contributed by atoms with Gasteiger partial charge in [0.1, 0.15) is 0 Å². The molecular formula is C7H18ClMgN. The van der Waals surface area contributed by atoms with Crippen LogP contribution >= 0.6 is 11.6 Å². The Labute approximate surface area is 88.2 Å². The van der Waals surface area contributed by atoms with Crippen LogP contribution in [-0.2, 0) is 0 Å². The van der Waals surface area contributed by atoms with Gasteiger partial charge in [0.05, 0.1) is 0 Å². The van der Waals surface area contributed by atoms with Gasteiger partial charge in [-0.25, -0.2) is 0 Å². The van der Waals surface area contributed by atoms with Crippen LogP contribution in [0.1, 0.15) is 23.1 Å². The first-order valence-corrected chi connectivity index (χ1v) is 4.16. The Morgan fingerprint density at radius 3 is 2.10 bits per heavy atom. The number of nitrogens with zero attached hydrogens (tertiary/aromatic N) is 1. The molecule has 0 amide bonds. The smallest absolute Gasteiger partial charge is 1.00 e. The summed E-state index contributed by atoms with van der Waals surface area (Å²) in [6, 6.07) is 0. The van der Waals surface area contributed by atoms with Gasteiger partial charge in [-0.15, -0.1) is 11.6 Å². The van der Waals surface area contributed by atoms with Gasteiger partial charge in [0.15, 0.2) is 0 Å². The van der Waals surface area contributed by atoms with Crippen LogP contribution in [0.3, 0.4) is 0 Å². The van der Waals surface area contributed by atoms with Crippen LogP contribution in [0.2, 0.25) is 0 Å². The molecule has 0 atom stereocenters. The van der Waals surface area contributed by atoms with Crippen molar-refractivity contribution in [2.24, 2.45) is 0 Å². The van der Waals surface area contributed by atoms with Crippen molar-refractivity contribution < 1.29 is 2.85 Å². The zero-order chi connectivity index (χ0) is 7.11. The molecule has 60 valence electrons. The number of hydrogen-bond acceptors (Lipinski definition) is 1. The minimum Gasteiger partial charge on any atom is -1.00 e. The van der Waals surface area contributed by atoms with E-state index in [1.807, 2.05) is 0 Å². The predicted octanol–water partition coefficient (Wildman–Crippen LogP) is 1.80. The van der Waals surface area contributed by atoms with E-state index in [9.17, 15) is 0 Å². The molecular weight excluding hydrogens is 158 g/mol. The molecule has 0 bridgehead atoms. The molecule has 0 rings (SSSR count). The van der Waals surface area contributed by atoms with Crippen molar-refractivity contribution in [1.82, 2.24) is 4.90 Å². The molecule has 0 aromatic carbocycles. The van der Waals surface area contributed by atoms with Gasteiger partial charge in [-0.05, 0) is 26.1 Å². The summed E-state index contributed by atoms with van der Waals surface area (Å²) in [5.74, 6) is 0.788. The SMILES string of the molecule is CCN(CC)CCCCl.[H-].[H-].[Mg+2]. The molecule has 0 heterocycles. The topological polar surface area (TPSA) is 3.24 Å². The Kier molecular flexibility index (Phi) is 13.6. The fourth-order valence-electron chi connectivity index (χ4n) is 0.823. The van der Waals surface area contributed by atoms with Crippen LogP contribution in [0.25, 0.3) is 0 Å². The van der Waals surface area contributed by atoms with E-state index >= 15 is 0 Å². The summed E-state index contributed by atoms with van der Waals surface area (Å²) in [4.78, 5) is 2.38. The third-order valence-corrected chi connectivity index (χ3v) is 1.77. The van der Waals surface area contributed by atoms with E-state index in [1.165, 1.54) is 0 Å². The first-order valence-electron chi connectivity index (χ1n) is 3.63. The van der Waals surface area contributed by atoms with E-state index in [1.54, 1.807) is 0 Å². The summed E-state index contributed by atoms with van der Waals surface area (Å²) >= 11 is 5.53. The van der Waals surface area contributed by atoms with Crippen molar-refractivity contribution in [3.63, 3.8) is 0 Å². The molecule has 0 aliphatic heterocycles. The second-order valence-corrected chi connectivity index (χ2v) is 2.45. The second-order valence-electron chi connectivity index (χ2n) is 2.07. The van der Waals surface area contributed by atoms with Crippen LogP contribution < -0.4 is 0 Å². The standard InChI is InChI=1S/C7H16ClN.Mg.2H/c1-3-9(4-2)7-5-6-8;;;/h3-7H2,1-2H3;;;/q;+2;2*-1. The minimum absolute atomic E-state index is 0. The molecule has 10 heavy (non-hydrogen) atoms. The summed E-state index contributed by atoms with van der Waals surface area (Å²) in [7, 11) is 0. The van der Waals surface area contributed by atoms with Gasteiger partial charge >= 0.3 is 23.1 Å². The van der Waals surface area contributed by atoms with E-state index in [0.29, 0.717) is 0 Å². The van der Waals surface area contributed by atoms with E-state index in [0.717, 1.165) is 31.9 Å². The quantitative estimate of drug-likeness (QED) is 0.456. The van der Waals surface area contributed by atoms with Gasteiger partial charge < -0.3 is 7.75 Å². The first kappa shape index (κ1) is 13.6. The predicted molar refractivity (Wildman–Crippen MR) is 51.1 cm³/mol. The average molecular weight is 176 g/mol. The molecule has 1 nitrogen and oxygen atoms in total. The monoisotopic (exact) mass is 175 g/mol. The molecule has 0 spiro atoms. The fourth-order valence-corrected chi connectivity index (χ4v) is 0.943. The van der Waals surface area contributed by atoms with Gasteiger partial charge in [-0.3, -0.25) is 0 Å². The Morgan fingerprint density at radius 1 is 1.30 bits per heavy atom. The van der Waals surface area contributed by atoms with Crippen LogP contribution in [0.5, 0.6) is 0 Å². The third-order valence-electron chi connectivity index (χ3n) is 1.50. The summed E-state index contributed by atoms with van der Waals surface area (Å²) in [6.45, 7) is 7.80. The van der Waals surface area contributed by atoms with Crippen LogP contribution in [0.4, 0.5) is 0 Å². The van der Waals surface area contributed by atoms with E-state index < -0.39 is 0 Å². The van der Waals surface area contributed by atoms with Crippen molar-refractivity contribution in [3.8, 4) is 0 Å².